The Morgan fingerprint density at radius 1 is 1.20 bits per heavy atom. The zero-order chi connectivity index (χ0) is 14.7. The van der Waals surface area contributed by atoms with Crippen LogP contribution in [0.5, 0.6) is 0 Å². The van der Waals surface area contributed by atoms with Crippen molar-refractivity contribution in [1.29, 1.82) is 0 Å². The zero-order valence-electron chi connectivity index (χ0n) is 12.0. The third-order valence-electron chi connectivity index (χ3n) is 5.53. The molecule has 1 N–H and O–H groups in total. The summed E-state index contributed by atoms with van der Waals surface area (Å²) in [5.41, 5.74) is -0.191. The fourth-order valence-corrected chi connectivity index (χ4v) is 4.17. The molecule has 110 valence electrons. The topological polar surface area (TPSA) is 74.7 Å². The highest BCUT2D eigenvalue weighted by Gasteiger charge is 2.72. The summed E-state index contributed by atoms with van der Waals surface area (Å²) in [6.45, 7) is 4.21. The van der Waals surface area contributed by atoms with Gasteiger partial charge in [-0.05, 0) is 24.2 Å². The van der Waals surface area contributed by atoms with Crippen LogP contribution in [-0.2, 0) is 14.4 Å². The van der Waals surface area contributed by atoms with E-state index in [0.29, 0.717) is 13.0 Å². The van der Waals surface area contributed by atoms with Crippen molar-refractivity contribution in [3.63, 3.8) is 0 Å². The minimum Gasteiger partial charge on any atom is -0.481 e. The molecule has 2 aliphatic carbocycles. The number of carbonyl (C=O) groups is 3. The third kappa shape index (κ3) is 1.79. The summed E-state index contributed by atoms with van der Waals surface area (Å²) in [5.74, 6) is -1.77. The van der Waals surface area contributed by atoms with Gasteiger partial charge >= 0.3 is 5.97 Å². The number of imide groups is 1. The summed E-state index contributed by atoms with van der Waals surface area (Å²) in [4.78, 5) is 37.2. The van der Waals surface area contributed by atoms with Crippen molar-refractivity contribution in [3.05, 3.63) is 0 Å². The molecular weight excluding hydrogens is 258 g/mol. The first kappa shape index (κ1) is 13.6. The summed E-state index contributed by atoms with van der Waals surface area (Å²) in [5, 5.41) is 9.27. The Morgan fingerprint density at radius 2 is 1.75 bits per heavy atom. The SMILES string of the molecule is CC1(C)C2C(=O)N(CC3CCCCC3C(=O)O)C(=O)C21. The summed E-state index contributed by atoms with van der Waals surface area (Å²) in [6, 6.07) is 0. The summed E-state index contributed by atoms with van der Waals surface area (Å²) in [6.07, 6.45) is 3.37. The van der Waals surface area contributed by atoms with Crippen LogP contribution in [0.3, 0.4) is 0 Å². The van der Waals surface area contributed by atoms with Crippen molar-refractivity contribution in [2.75, 3.05) is 6.54 Å². The average molecular weight is 279 g/mol. The maximum absolute atomic E-state index is 12.3. The number of rotatable bonds is 3. The van der Waals surface area contributed by atoms with Gasteiger partial charge in [0.15, 0.2) is 0 Å². The Labute approximate surface area is 118 Å². The lowest BCUT2D eigenvalue weighted by molar-refractivity contribution is -0.150. The van der Waals surface area contributed by atoms with Crippen LogP contribution in [0.2, 0.25) is 0 Å². The number of carboxylic acid groups (broad SMARTS) is 1. The molecule has 0 aromatic carbocycles. The number of fused-ring (bicyclic) bond motifs is 1. The van der Waals surface area contributed by atoms with E-state index in [1.807, 2.05) is 13.8 Å². The van der Waals surface area contributed by atoms with Gasteiger partial charge < -0.3 is 5.11 Å². The molecule has 5 heteroatoms. The van der Waals surface area contributed by atoms with Crippen LogP contribution in [0.1, 0.15) is 39.5 Å². The molecule has 0 aromatic heterocycles. The second kappa shape index (κ2) is 4.30. The van der Waals surface area contributed by atoms with Gasteiger partial charge in [0.25, 0.3) is 0 Å². The Kier molecular flexibility index (Phi) is 2.92. The molecule has 1 aliphatic heterocycles. The highest BCUT2D eigenvalue weighted by molar-refractivity contribution is 6.10. The molecule has 3 fully saturated rings. The Balaban J connectivity index is 1.71. The number of nitrogens with zero attached hydrogens (tertiary/aromatic N) is 1. The smallest absolute Gasteiger partial charge is 0.306 e. The molecule has 3 aliphatic rings. The normalized spacial score (nSPS) is 38.8. The predicted octanol–water partition coefficient (Wildman–Crippen LogP) is 1.52. The van der Waals surface area contributed by atoms with Crippen LogP contribution in [0, 0.1) is 29.1 Å². The van der Waals surface area contributed by atoms with Crippen LogP contribution in [0.4, 0.5) is 0 Å². The first-order chi connectivity index (χ1) is 9.35. The molecular formula is C15H21NO4. The fraction of sp³-hybridized carbons (Fsp3) is 0.800. The van der Waals surface area contributed by atoms with Crippen molar-refractivity contribution >= 4 is 17.8 Å². The van der Waals surface area contributed by atoms with E-state index < -0.39 is 11.9 Å². The van der Waals surface area contributed by atoms with E-state index in [1.54, 1.807) is 0 Å². The number of hydrogen-bond donors (Lipinski definition) is 1. The van der Waals surface area contributed by atoms with Gasteiger partial charge in [-0.1, -0.05) is 26.7 Å². The highest BCUT2D eigenvalue weighted by Crippen LogP contribution is 2.63. The first-order valence-electron chi connectivity index (χ1n) is 7.43. The minimum absolute atomic E-state index is 0.0743. The molecule has 4 unspecified atom stereocenters. The van der Waals surface area contributed by atoms with E-state index in [4.69, 9.17) is 0 Å². The number of piperidine rings is 1. The molecule has 1 heterocycles. The van der Waals surface area contributed by atoms with Crippen molar-refractivity contribution in [2.24, 2.45) is 29.1 Å². The van der Waals surface area contributed by atoms with Crippen LogP contribution >= 0.6 is 0 Å². The molecule has 2 amide bonds. The number of carboxylic acids is 1. The molecule has 0 bridgehead atoms. The molecule has 5 nitrogen and oxygen atoms in total. The summed E-state index contributed by atoms with van der Waals surface area (Å²) >= 11 is 0. The van der Waals surface area contributed by atoms with E-state index in [-0.39, 0.29) is 35.0 Å². The van der Waals surface area contributed by atoms with E-state index in [0.717, 1.165) is 19.3 Å². The summed E-state index contributed by atoms with van der Waals surface area (Å²) in [7, 11) is 0. The predicted molar refractivity (Wildman–Crippen MR) is 70.6 cm³/mol. The molecule has 0 aromatic rings. The maximum atomic E-state index is 12.3. The van der Waals surface area contributed by atoms with Gasteiger partial charge in [-0.15, -0.1) is 0 Å². The Bertz CT molecular complexity index is 460. The third-order valence-corrected chi connectivity index (χ3v) is 5.53. The van der Waals surface area contributed by atoms with Crippen molar-refractivity contribution < 1.29 is 19.5 Å². The van der Waals surface area contributed by atoms with Crippen LogP contribution < -0.4 is 0 Å². The van der Waals surface area contributed by atoms with Gasteiger partial charge in [-0.2, -0.15) is 0 Å². The molecule has 1 saturated heterocycles. The molecule has 0 spiro atoms. The highest BCUT2D eigenvalue weighted by atomic mass is 16.4. The van der Waals surface area contributed by atoms with Crippen LogP contribution in [0.25, 0.3) is 0 Å². The molecule has 0 radical (unpaired) electrons. The molecule has 20 heavy (non-hydrogen) atoms. The number of aliphatic carboxylic acids is 1. The standard InChI is InChI=1S/C15H21NO4/c1-15(2)10-11(15)13(18)16(12(10)17)7-8-5-3-4-6-9(8)14(19)20/h8-11H,3-7H2,1-2H3,(H,19,20). The lowest BCUT2D eigenvalue weighted by Gasteiger charge is -2.32. The van der Waals surface area contributed by atoms with Gasteiger partial charge in [0.05, 0.1) is 17.8 Å². The zero-order valence-corrected chi connectivity index (χ0v) is 12.0. The number of likely N-dealkylation sites (tertiary alicyclic amines) is 1. The second-order valence-corrected chi connectivity index (χ2v) is 7.05. The van der Waals surface area contributed by atoms with Gasteiger partial charge in [-0.3, -0.25) is 19.3 Å². The van der Waals surface area contributed by atoms with E-state index >= 15 is 0 Å². The fourth-order valence-electron chi connectivity index (χ4n) is 4.17. The minimum atomic E-state index is -0.792. The second-order valence-electron chi connectivity index (χ2n) is 7.05. The Morgan fingerprint density at radius 3 is 2.30 bits per heavy atom. The molecule has 4 atom stereocenters. The van der Waals surface area contributed by atoms with Gasteiger partial charge in [-0.25, -0.2) is 0 Å². The first-order valence-corrected chi connectivity index (χ1v) is 7.43. The Hall–Kier alpha value is -1.39. The lowest BCUT2D eigenvalue weighted by atomic mass is 9.79. The molecule has 2 saturated carbocycles. The lowest BCUT2D eigenvalue weighted by Crippen LogP contribution is -2.43. The van der Waals surface area contributed by atoms with Crippen molar-refractivity contribution in [1.82, 2.24) is 4.90 Å². The average Bonchev–Trinajstić information content (AvgIpc) is 2.86. The number of hydrogen-bond acceptors (Lipinski definition) is 3. The van der Waals surface area contributed by atoms with Gasteiger partial charge in [0.1, 0.15) is 0 Å². The van der Waals surface area contributed by atoms with E-state index in [1.165, 1.54) is 4.90 Å². The van der Waals surface area contributed by atoms with E-state index in [9.17, 15) is 19.5 Å². The van der Waals surface area contributed by atoms with Gasteiger partial charge in [0, 0.05) is 6.54 Å². The van der Waals surface area contributed by atoms with E-state index in [2.05, 4.69) is 0 Å². The largest absolute Gasteiger partial charge is 0.481 e. The van der Waals surface area contributed by atoms with Crippen molar-refractivity contribution in [2.45, 2.75) is 39.5 Å². The van der Waals surface area contributed by atoms with Gasteiger partial charge in [0.2, 0.25) is 11.8 Å². The van der Waals surface area contributed by atoms with Crippen molar-refractivity contribution in [3.8, 4) is 0 Å². The number of amides is 2. The molecule has 3 rings (SSSR count). The van der Waals surface area contributed by atoms with Crippen LogP contribution in [0.15, 0.2) is 0 Å². The number of carbonyl (C=O) groups excluding carboxylic acids is 2. The monoisotopic (exact) mass is 279 g/mol. The van der Waals surface area contributed by atoms with Crippen LogP contribution in [-0.4, -0.2) is 34.3 Å². The quantitative estimate of drug-likeness (QED) is 0.795. The maximum Gasteiger partial charge on any atom is 0.306 e. The summed E-state index contributed by atoms with van der Waals surface area (Å²) < 4.78 is 0.